The van der Waals surface area contributed by atoms with Crippen LogP contribution in [0.15, 0.2) is 59.9 Å². The Hall–Kier alpha value is -3.86. The van der Waals surface area contributed by atoms with E-state index in [9.17, 15) is 18.0 Å². The summed E-state index contributed by atoms with van der Waals surface area (Å²) in [6, 6.07) is 8.36. The van der Waals surface area contributed by atoms with Crippen LogP contribution in [0.4, 0.5) is 11.6 Å². The molecule has 0 radical (unpaired) electrons. The van der Waals surface area contributed by atoms with Crippen molar-refractivity contribution in [3.8, 4) is 5.75 Å². The van der Waals surface area contributed by atoms with Gasteiger partial charge in [0.1, 0.15) is 5.69 Å². The van der Waals surface area contributed by atoms with Gasteiger partial charge in [-0.25, -0.2) is 28.0 Å². The molecule has 0 bridgehead atoms. The van der Waals surface area contributed by atoms with Crippen molar-refractivity contribution >= 4 is 33.5 Å². The van der Waals surface area contributed by atoms with Gasteiger partial charge in [0, 0.05) is 6.20 Å². The van der Waals surface area contributed by atoms with Gasteiger partial charge >= 0.3 is 0 Å². The van der Waals surface area contributed by atoms with E-state index in [-0.39, 0.29) is 27.8 Å². The van der Waals surface area contributed by atoms with E-state index in [1.165, 1.54) is 56.0 Å². The molecule has 0 aliphatic carbocycles. The van der Waals surface area contributed by atoms with Crippen LogP contribution in [-0.4, -0.2) is 42.3 Å². The highest BCUT2D eigenvalue weighted by atomic mass is 32.2. The van der Waals surface area contributed by atoms with E-state index >= 15 is 0 Å². The molecule has 0 unspecified atom stereocenters. The van der Waals surface area contributed by atoms with Crippen LogP contribution in [0.5, 0.6) is 5.75 Å². The Morgan fingerprint density at radius 1 is 0.966 bits per heavy atom. The minimum absolute atomic E-state index is 0.0625. The summed E-state index contributed by atoms with van der Waals surface area (Å²) in [4.78, 5) is 37.5. The highest BCUT2D eigenvalue weighted by Gasteiger charge is 2.37. The number of hydrogen-bond donors (Lipinski definition) is 1. The molecule has 4 rings (SSSR count). The quantitative estimate of drug-likeness (QED) is 0.625. The number of nitrogens with one attached hydrogen (secondary N) is 1. The summed E-state index contributed by atoms with van der Waals surface area (Å²) in [5, 5.41) is 0. The molecule has 2 aromatic heterocycles. The van der Waals surface area contributed by atoms with Crippen LogP contribution in [0.3, 0.4) is 0 Å². The molecule has 0 fully saturated rings. The number of imide groups is 1. The van der Waals surface area contributed by atoms with E-state index in [1.54, 1.807) is 6.07 Å². The van der Waals surface area contributed by atoms with Crippen molar-refractivity contribution in [1.29, 1.82) is 0 Å². The molecule has 3 heterocycles. The number of amides is 2. The SMILES string of the molecule is COc1cnc(NS(=O)(=O)c2ccc(N3C(=O)c4cccnc4C3=O)cc2)nc1. The van der Waals surface area contributed by atoms with Crippen LogP contribution in [0.25, 0.3) is 0 Å². The maximum Gasteiger partial charge on any atom is 0.284 e. The fourth-order valence-electron chi connectivity index (χ4n) is 2.73. The summed E-state index contributed by atoms with van der Waals surface area (Å²) in [6.45, 7) is 0. The Kier molecular flexibility index (Phi) is 4.43. The number of carbonyl (C=O) groups is 2. The molecule has 0 spiro atoms. The molecule has 11 heteroatoms. The number of benzene rings is 1. The first kappa shape index (κ1) is 18.5. The fraction of sp³-hybridized carbons (Fsp3) is 0.0556. The lowest BCUT2D eigenvalue weighted by atomic mass is 10.2. The van der Waals surface area contributed by atoms with Gasteiger partial charge in [-0.1, -0.05) is 0 Å². The average Bonchev–Trinajstić information content (AvgIpc) is 2.99. The van der Waals surface area contributed by atoms with Gasteiger partial charge in [0.25, 0.3) is 21.8 Å². The van der Waals surface area contributed by atoms with E-state index in [0.29, 0.717) is 5.75 Å². The van der Waals surface area contributed by atoms with Crippen LogP contribution in [0, 0.1) is 0 Å². The van der Waals surface area contributed by atoms with Gasteiger partial charge in [0.05, 0.1) is 35.6 Å². The molecule has 29 heavy (non-hydrogen) atoms. The number of anilines is 2. The summed E-state index contributed by atoms with van der Waals surface area (Å²) in [5.41, 5.74) is 0.498. The van der Waals surface area contributed by atoms with Gasteiger partial charge in [-0.15, -0.1) is 0 Å². The summed E-state index contributed by atoms with van der Waals surface area (Å²) in [6.07, 6.45) is 4.07. The lowest BCUT2D eigenvalue weighted by molar-refractivity contribution is 0.0924. The number of rotatable bonds is 5. The molecule has 3 aromatic rings. The van der Waals surface area contributed by atoms with Gasteiger partial charge in [-0.3, -0.25) is 14.6 Å². The summed E-state index contributed by atoms with van der Waals surface area (Å²) < 4.78 is 32.2. The van der Waals surface area contributed by atoms with Crippen LogP contribution in [-0.2, 0) is 10.0 Å². The first-order valence-electron chi connectivity index (χ1n) is 8.23. The zero-order valence-electron chi connectivity index (χ0n) is 14.9. The minimum Gasteiger partial charge on any atom is -0.494 e. The Labute approximate surface area is 165 Å². The Morgan fingerprint density at radius 3 is 2.28 bits per heavy atom. The molecule has 2 amide bonds. The molecule has 0 atom stereocenters. The second kappa shape index (κ2) is 6.95. The Balaban J connectivity index is 1.58. The number of methoxy groups -OCH3 is 1. The highest BCUT2D eigenvalue weighted by molar-refractivity contribution is 7.92. The lowest BCUT2D eigenvalue weighted by Crippen LogP contribution is -2.29. The molecule has 0 saturated heterocycles. The lowest BCUT2D eigenvalue weighted by Gasteiger charge is -2.14. The van der Waals surface area contributed by atoms with Gasteiger partial charge in [0.2, 0.25) is 5.95 Å². The second-order valence-corrected chi connectivity index (χ2v) is 7.57. The van der Waals surface area contributed by atoms with Gasteiger partial charge in [-0.2, -0.15) is 0 Å². The maximum absolute atomic E-state index is 12.5. The number of carbonyl (C=O) groups excluding carboxylic acids is 2. The zero-order valence-corrected chi connectivity index (χ0v) is 15.8. The van der Waals surface area contributed by atoms with E-state index in [0.717, 1.165) is 4.90 Å². The van der Waals surface area contributed by atoms with Crippen LogP contribution >= 0.6 is 0 Å². The van der Waals surface area contributed by atoms with Gasteiger partial charge < -0.3 is 4.74 Å². The first-order valence-corrected chi connectivity index (χ1v) is 9.72. The maximum atomic E-state index is 12.5. The number of hydrogen-bond acceptors (Lipinski definition) is 8. The smallest absolute Gasteiger partial charge is 0.284 e. The molecule has 10 nitrogen and oxygen atoms in total. The number of ether oxygens (including phenoxy) is 1. The largest absolute Gasteiger partial charge is 0.494 e. The fourth-order valence-corrected chi connectivity index (χ4v) is 3.69. The van der Waals surface area contributed by atoms with Crippen molar-refractivity contribution in [2.24, 2.45) is 0 Å². The third-order valence-corrected chi connectivity index (χ3v) is 5.49. The Morgan fingerprint density at radius 2 is 1.66 bits per heavy atom. The summed E-state index contributed by atoms with van der Waals surface area (Å²) in [7, 11) is -2.53. The molecule has 146 valence electrons. The normalized spacial score (nSPS) is 13.3. The summed E-state index contributed by atoms with van der Waals surface area (Å²) >= 11 is 0. The number of fused-ring (bicyclic) bond motifs is 1. The third kappa shape index (κ3) is 3.27. The highest BCUT2D eigenvalue weighted by Crippen LogP contribution is 2.28. The number of aromatic nitrogens is 3. The van der Waals surface area contributed by atoms with Crippen molar-refractivity contribution in [3.63, 3.8) is 0 Å². The van der Waals surface area contributed by atoms with Crippen LogP contribution in [0.2, 0.25) is 0 Å². The van der Waals surface area contributed by atoms with Gasteiger partial charge in [0.15, 0.2) is 5.75 Å². The van der Waals surface area contributed by atoms with E-state index in [4.69, 9.17) is 4.74 Å². The predicted octanol–water partition coefficient (Wildman–Crippen LogP) is 1.48. The molecule has 1 aromatic carbocycles. The molecular formula is C18H13N5O5S. The zero-order chi connectivity index (χ0) is 20.6. The summed E-state index contributed by atoms with van der Waals surface area (Å²) in [5.74, 6) is -0.821. The Bertz CT molecular complexity index is 1180. The second-order valence-electron chi connectivity index (χ2n) is 5.89. The molecule has 1 aliphatic heterocycles. The number of nitrogens with zero attached hydrogens (tertiary/aromatic N) is 4. The molecular weight excluding hydrogens is 398 g/mol. The van der Waals surface area contributed by atoms with E-state index in [1.807, 2.05) is 0 Å². The third-order valence-electron chi connectivity index (χ3n) is 4.14. The van der Waals surface area contributed by atoms with Crippen molar-refractivity contribution in [1.82, 2.24) is 15.0 Å². The predicted molar refractivity (Wildman–Crippen MR) is 101 cm³/mol. The van der Waals surface area contributed by atoms with E-state index in [2.05, 4.69) is 19.7 Å². The van der Waals surface area contributed by atoms with Crippen LogP contribution < -0.4 is 14.4 Å². The first-order chi connectivity index (χ1) is 13.9. The minimum atomic E-state index is -3.97. The average molecular weight is 411 g/mol. The number of sulfonamides is 1. The standard InChI is InChI=1S/C18H13N5O5S/c1-28-12-9-20-18(21-10-12)22-29(26,27)13-6-4-11(5-7-13)23-16(24)14-3-2-8-19-15(14)17(23)25/h2-10H,1H3,(H,20,21,22). The van der Waals surface area contributed by atoms with Crippen LogP contribution in [0.1, 0.15) is 20.8 Å². The van der Waals surface area contributed by atoms with E-state index < -0.39 is 21.8 Å². The van der Waals surface area contributed by atoms with Crippen molar-refractivity contribution in [2.45, 2.75) is 4.90 Å². The molecule has 1 N–H and O–H groups in total. The molecule has 0 saturated carbocycles. The number of pyridine rings is 1. The monoisotopic (exact) mass is 411 g/mol. The van der Waals surface area contributed by atoms with Crippen molar-refractivity contribution in [3.05, 3.63) is 66.2 Å². The van der Waals surface area contributed by atoms with Gasteiger partial charge in [-0.05, 0) is 36.4 Å². The van der Waals surface area contributed by atoms with Crippen molar-refractivity contribution in [2.75, 3.05) is 16.7 Å². The van der Waals surface area contributed by atoms with Crippen molar-refractivity contribution < 1.29 is 22.7 Å². The molecule has 1 aliphatic rings. The topological polar surface area (TPSA) is 131 Å².